The molecule has 8 atom stereocenters. The first-order valence-electron chi connectivity index (χ1n) is 12.9. The van der Waals surface area contributed by atoms with E-state index in [1.165, 1.54) is 6.42 Å². The van der Waals surface area contributed by atoms with Gasteiger partial charge >= 0.3 is 11.9 Å². The van der Waals surface area contributed by atoms with Crippen LogP contribution >= 0.6 is 0 Å². The molecule has 2 bridgehead atoms. The summed E-state index contributed by atoms with van der Waals surface area (Å²) >= 11 is -1.93. The highest BCUT2D eigenvalue weighted by Gasteiger charge is 2.69. The Morgan fingerprint density at radius 2 is 1.71 bits per heavy atom. The topological polar surface area (TPSA) is 130 Å². The van der Waals surface area contributed by atoms with E-state index in [0.717, 1.165) is 32.1 Å². The first-order chi connectivity index (χ1) is 15.9. The van der Waals surface area contributed by atoms with Gasteiger partial charge in [0.25, 0.3) is 0 Å². The molecule has 0 aliphatic heterocycles. The molecule has 4 N–H and O–H groups in total. The van der Waals surface area contributed by atoms with Crippen molar-refractivity contribution in [2.24, 2.45) is 40.4 Å². The minimum Gasteiger partial charge on any atom is -0.593 e. The van der Waals surface area contributed by atoms with Crippen LogP contribution in [0.1, 0.15) is 85.0 Å². The lowest BCUT2D eigenvalue weighted by atomic mass is 9.58. The number of aliphatic hydroxyl groups excluding tert-OH is 1. The zero-order valence-corrected chi connectivity index (χ0v) is 21.5. The van der Waals surface area contributed by atoms with E-state index < -0.39 is 52.2 Å². The number of carbonyl (C=O) groups is 2. The van der Waals surface area contributed by atoms with Gasteiger partial charge in [0, 0.05) is 5.92 Å². The number of aliphatic carboxylic acids is 2. The normalized spacial score (nSPS) is 42.9. The molecular weight excluding hydrogens is 454 g/mol. The van der Waals surface area contributed by atoms with Gasteiger partial charge in [-0.3, -0.25) is 9.59 Å². The average Bonchev–Trinajstić information content (AvgIpc) is 3.15. The fourth-order valence-electron chi connectivity index (χ4n) is 8.46. The lowest BCUT2D eigenvalue weighted by molar-refractivity contribution is -0.159. The van der Waals surface area contributed by atoms with Crippen LogP contribution in [0.3, 0.4) is 0 Å². The summed E-state index contributed by atoms with van der Waals surface area (Å²) in [5, 5.41) is 31.5. The van der Waals surface area contributed by atoms with Crippen LogP contribution in [0.15, 0.2) is 11.5 Å². The minimum absolute atomic E-state index is 0.0662. The number of aliphatic hydroxyl groups is 1. The molecule has 8 unspecified atom stereocenters. The number of carboxylic acids is 2. The molecule has 0 amide bonds. The van der Waals surface area contributed by atoms with E-state index in [1.807, 2.05) is 0 Å². The van der Waals surface area contributed by atoms with Crippen molar-refractivity contribution in [3.63, 3.8) is 0 Å². The molecule has 0 aromatic rings. The molecule has 0 heterocycles. The maximum absolute atomic E-state index is 13.7. The Balaban J connectivity index is 1.60. The Kier molecular flexibility index (Phi) is 6.95. The summed E-state index contributed by atoms with van der Waals surface area (Å²) in [5.41, 5.74) is -2.64. The number of hydrogen-bond acceptors (Lipinski definition) is 5. The lowest BCUT2D eigenvalue weighted by Gasteiger charge is -2.49. The highest BCUT2D eigenvalue weighted by atomic mass is 32.2. The summed E-state index contributed by atoms with van der Waals surface area (Å²) in [6.45, 7) is 9.99. The van der Waals surface area contributed by atoms with Crippen molar-refractivity contribution >= 4 is 23.3 Å². The molecule has 7 nitrogen and oxygen atoms in total. The number of carboxylic acid groups (broad SMARTS) is 2. The standard InChI is InChI=1S/C26H41NO6S/c1-15-21(22(29)30)19(17-8-6-5-7-9-17)11-13-26(15,23(31)32)27-34(33)16(2)25-12-10-18(14-20(25)28)24(25,3)4/h15,17-21,27-28H,2,5-14H2,1,3-4H3,(H,29,30)(H,31,32). The van der Waals surface area contributed by atoms with E-state index in [0.29, 0.717) is 36.0 Å². The fraction of sp³-hybridized carbons (Fsp3) is 0.846. The molecular formula is C26H41NO6S. The van der Waals surface area contributed by atoms with Gasteiger partial charge in [-0.25, -0.2) is 0 Å². The maximum Gasteiger partial charge on any atom is 0.328 e. The van der Waals surface area contributed by atoms with Crippen molar-refractivity contribution in [2.75, 3.05) is 0 Å². The van der Waals surface area contributed by atoms with Crippen LogP contribution < -0.4 is 4.72 Å². The second-order valence-corrected chi connectivity index (χ2v) is 13.2. The van der Waals surface area contributed by atoms with Crippen molar-refractivity contribution in [3.05, 3.63) is 11.5 Å². The lowest BCUT2D eigenvalue weighted by Crippen LogP contribution is -2.65. The van der Waals surface area contributed by atoms with Crippen molar-refractivity contribution in [1.82, 2.24) is 4.72 Å². The van der Waals surface area contributed by atoms with E-state index in [1.54, 1.807) is 6.92 Å². The smallest absolute Gasteiger partial charge is 0.328 e. The van der Waals surface area contributed by atoms with Gasteiger partial charge in [0.05, 0.1) is 28.8 Å². The number of nitrogens with one attached hydrogen (secondary N) is 1. The first kappa shape index (κ1) is 26.0. The largest absolute Gasteiger partial charge is 0.593 e. The van der Waals surface area contributed by atoms with E-state index in [9.17, 15) is 29.5 Å². The molecule has 0 aromatic heterocycles. The van der Waals surface area contributed by atoms with Crippen LogP contribution in [-0.4, -0.2) is 43.5 Å². The Hall–Kier alpha value is -1.09. The predicted molar refractivity (Wildman–Crippen MR) is 130 cm³/mol. The Bertz CT molecular complexity index is 841. The first-order valence-corrected chi connectivity index (χ1v) is 14.1. The van der Waals surface area contributed by atoms with Gasteiger partial charge < -0.3 is 19.9 Å². The molecule has 4 fully saturated rings. The van der Waals surface area contributed by atoms with Crippen molar-refractivity contribution < 1.29 is 29.5 Å². The molecule has 0 saturated heterocycles. The molecule has 8 heteroatoms. The zero-order chi connectivity index (χ0) is 25.1. The van der Waals surface area contributed by atoms with Gasteiger partial charge in [-0.1, -0.05) is 52.9 Å². The molecule has 4 aliphatic carbocycles. The molecule has 0 spiro atoms. The van der Waals surface area contributed by atoms with Crippen molar-refractivity contribution in [2.45, 2.75) is 96.6 Å². The number of hydrogen-bond donors (Lipinski definition) is 4. The van der Waals surface area contributed by atoms with Crippen LogP contribution in [0.5, 0.6) is 0 Å². The van der Waals surface area contributed by atoms with Crippen LogP contribution in [0.4, 0.5) is 0 Å². The summed E-state index contributed by atoms with van der Waals surface area (Å²) in [6, 6.07) is 0. The monoisotopic (exact) mass is 495 g/mol. The molecule has 0 radical (unpaired) electrons. The molecule has 0 aromatic carbocycles. The quantitative estimate of drug-likeness (QED) is 0.391. The Morgan fingerprint density at radius 1 is 1.06 bits per heavy atom. The molecule has 192 valence electrons. The maximum atomic E-state index is 13.7. The zero-order valence-electron chi connectivity index (χ0n) is 20.7. The molecule has 4 saturated carbocycles. The number of rotatable bonds is 7. The van der Waals surface area contributed by atoms with Crippen LogP contribution in [0.25, 0.3) is 0 Å². The van der Waals surface area contributed by atoms with Gasteiger partial charge in [0.2, 0.25) is 0 Å². The van der Waals surface area contributed by atoms with E-state index in [2.05, 4.69) is 25.1 Å². The van der Waals surface area contributed by atoms with E-state index in [-0.39, 0.29) is 17.8 Å². The third kappa shape index (κ3) is 3.66. The summed E-state index contributed by atoms with van der Waals surface area (Å²) in [4.78, 5) is 25.5. The minimum atomic E-state index is -1.93. The third-order valence-corrected chi connectivity index (χ3v) is 12.1. The second kappa shape index (κ2) is 9.09. The van der Waals surface area contributed by atoms with Gasteiger partial charge in [0.1, 0.15) is 0 Å². The highest BCUT2D eigenvalue weighted by molar-refractivity contribution is 7.93. The van der Waals surface area contributed by atoms with Gasteiger partial charge in [0.15, 0.2) is 10.4 Å². The summed E-state index contributed by atoms with van der Waals surface area (Å²) in [5.74, 6) is -3.14. The van der Waals surface area contributed by atoms with Gasteiger partial charge in [-0.15, -0.1) is 4.72 Å². The molecule has 34 heavy (non-hydrogen) atoms. The average molecular weight is 496 g/mol. The SMILES string of the molecule is C=C([S+]([O-])NC1(C(=O)O)CCC(C2CCCCC2)C(C(=O)O)C1C)C12CCC(CC1O)C2(C)C. The molecule has 4 aliphatic rings. The van der Waals surface area contributed by atoms with E-state index >= 15 is 0 Å². The summed E-state index contributed by atoms with van der Waals surface area (Å²) < 4.78 is 16.6. The summed E-state index contributed by atoms with van der Waals surface area (Å²) in [6.07, 6.45) is 7.63. The van der Waals surface area contributed by atoms with Crippen LogP contribution in [0.2, 0.25) is 0 Å². The van der Waals surface area contributed by atoms with Gasteiger partial charge in [-0.05, 0) is 61.9 Å². The van der Waals surface area contributed by atoms with Crippen molar-refractivity contribution in [3.8, 4) is 0 Å². The fourth-order valence-corrected chi connectivity index (χ4v) is 10.1. The molecule has 4 rings (SSSR count). The van der Waals surface area contributed by atoms with Gasteiger partial charge in [-0.2, -0.15) is 0 Å². The number of fused-ring (bicyclic) bond motifs is 2. The highest BCUT2D eigenvalue weighted by Crippen LogP contribution is 2.69. The van der Waals surface area contributed by atoms with Crippen LogP contribution in [0, 0.1) is 40.4 Å². The third-order valence-electron chi connectivity index (χ3n) is 10.7. The Labute approximate surface area is 206 Å². The van der Waals surface area contributed by atoms with Crippen LogP contribution in [-0.2, 0) is 21.0 Å². The summed E-state index contributed by atoms with van der Waals surface area (Å²) in [7, 11) is 0. The Morgan fingerprint density at radius 3 is 2.21 bits per heavy atom. The van der Waals surface area contributed by atoms with Crippen molar-refractivity contribution in [1.29, 1.82) is 0 Å². The predicted octanol–water partition coefficient (Wildman–Crippen LogP) is 4.09. The second-order valence-electron chi connectivity index (χ2n) is 12.0. The van der Waals surface area contributed by atoms with E-state index in [4.69, 9.17) is 0 Å².